The first kappa shape index (κ1) is 15.2. The van der Waals surface area contributed by atoms with Crippen LogP contribution in [0.2, 0.25) is 0 Å². The van der Waals surface area contributed by atoms with E-state index in [1.807, 2.05) is 0 Å². The summed E-state index contributed by atoms with van der Waals surface area (Å²) >= 11 is 0. The second-order valence-corrected chi connectivity index (χ2v) is 4.95. The van der Waals surface area contributed by atoms with Gasteiger partial charge in [-0.1, -0.05) is 13.8 Å². The fourth-order valence-electron chi connectivity index (χ4n) is 2.28. The first-order valence-electron chi connectivity index (χ1n) is 6.91. The maximum Gasteiger partial charge on any atom is 0.191 e. The number of hydrogen-bond donors (Lipinski definition) is 2. The molecule has 1 fully saturated rings. The number of aliphatic hydroxyl groups excluding tert-OH is 1. The maximum absolute atomic E-state index is 9.17. The van der Waals surface area contributed by atoms with Crippen molar-refractivity contribution in [2.45, 2.75) is 33.1 Å². The van der Waals surface area contributed by atoms with Crippen LogP contribution in [0.15, 0.2) is 4.99 Å². The second kappa shape index (κ2) is 7.59. The number of nitrogens with two attached hydrogens (primary N) is 1. The molecule has 0 unspecified atom stereocenters. The Morgan fingerprint density at radius 3 is 2.44 bits per heavy atom. The molecular weight excluding hydrogens is 230 g/mol. The van der Waals surface area contributed by atoms with Crippen LogP contribution in [0.25, 0.3) is 0 Å². The molecule has 0 aliphatic carbocycles. The molecule has 106 valence electrons. The third-order valence-electron chi connectivity index (χ3n) is 4.05. The SMILES string of the molecule is CCC(CC)(CCO)CN=C(N)N1CCOCC1. The molecule has 1 saturated heterocycles. The van der Waals surface area contributed by atoms with Gasteiger partial charge < -0.3 is 20.5 Å². The normalized spacial score (nSPS) is 18.2. The van der Waals surface area contributed by atoms with E-state index in [4.69, 9.17) is 10.5 Å². The van der Waals surface area contributed by atoms with Crippen molar-refractivity contribution in [1.82, 2.24) is 4.90 Å². The molecule has 0 radical (unpaired) electrons. The van der Waals surface area contributed by atoms with Crippen molar-refractivity contribution < 1.29 is 9.84 Å². The molecule has 5 nitrogen and oxygen atoms in total. The summed E-state index contributed by atoms with van der Waals surface area (Å²) in [4.78, 5) is 6.60. The maximum atomic E-state index is 9.17. The van der Waals surface area contributed by atoms with Crippen molar-refractivity contribution in [3.63, 3.8) is 0 Å². The number of aliphatic hydroxyl groups is 1. The Balaban J connectivity index is 2.57. The summed E-state index contributed by atoms with van der Waals surface area (Å²) in [7, 11) is 0. The second-order valence-electron chi connectivity index (χ2n) is 4.95. The highest BCUT2D eigenvalue weighted by atomic mass is 16.5. The molecule has 0 spiro atoms. The Hall–Kier alpha value is -0.810. The van der Waals surface area contributed by atoms with Crippen LogP contribution in [0.4, 0.5) is 0 Å². The van der Waals surface area contributed by atoms with E-state index in [1.165, 1.54) is 0 Å². The molecule has 1 heterocycles. The Morgan fingerprint density at radius 1 is 1.33 bits per heavy atom. The molecule has 5 heteroatoms. The van der Waals surface area contributed by atoms with Crippen LogP contribution < -0.4 is 5.73 Å². The van der Waals surface area contributed by atoms with Gasteiger partial charge in [-0.2, -0.15) is 0 Å². The van der Waals surface area contributed by atoms with Gasteiger partial charge in [0, 0.05) is 26.2 Å². The lowest BCUT2D eigenvalue weighted by atomic mass is 9.79. The first-order valence-corrected chi connectivity index (χ1v) is 6.91. The molecular formula is C13H27N3O2. The Morgan fingerprint density at radius 2 is 1.94 bits per heavy atom. The van der Waals surface area contributed by atoms with Crippen molar-refractivity contribution in [2.75, 3.05) is 39.5 Å². The van der Waals surface area contributed by atoms with Gasteiger partial charge in [0.1, 0.15) is 0 Å². The summed E-state index contributed by atoms with van der Waals surface area (Å²) < 4.78 is 5.29. The number of hydrogen-bond acceptors (Lipinski definition) is 3. The minimum atomic E-state index is 0.0889. The van der Waals surface area contributed by atoms with E-state index in [2.05, 4.69) is 23.7 Å². The van der Waals surface area contributed by atoms with Crippen LogP contribution in [0.5, 0.6) is 0 Å². The molecule has 1 rings (SSSR count). The van der Waals surface area contributed by atoms with Gasteiger partial charge >= 0.3 is 0 Å². The molecule has 1 aliphatic heterocycles. The topological polar surface area (TPSA) is 71.1 Å². The van der Waals surface area contributed by atoms with Crippen LogP contribution in [-0.2, 0) is 4.74 Å². The van der Waals surface area contributed by atoms with Gasteiger partial charge in [-0.3, -0.25) is 4.99 Å². The molecule has 0 amide bonds. The number of ether oxygens (including phenoxy) is 1. The van der Waals surface area contributed by atoms with Crippen molar-refractivity contribution in [3.8, 4) is 0 Å². The van der Waals surface area contributed by atoms with E-state index in [0.29, 0.717) is 12.5 Å². The van der Waals surface area contributed by atoms with Crippen LogP contribution in [-0.4, -0.2) is 55.4 Å². The predicted molar refractivity (Wildman–Crippen MR) is 73.6 cm³/mol. The number of guanidine groups is 1. The van der Waals surface area contributed by atoms with Gasteiger partial charge in [-0.05, 0) is 24.7 Å². The monoisotopic (exact) mass is 257 g/mol. The molecule has 3 N–H and O–H groups in total. The fraction of sp³-hybridized carbons (Fsp3) is 0.923. The quantitative estimate of drug-likeness (QED) is 0.546. The zero-order chi connectivity index (χ0) is 13.4. The summed E-state index contributed by atoms with van der Waals surface area (Å²) in [6, 6.07) is 0. The standard InChI is InChI=1S/C13H27N3O2/c1-3-13(4-2,5-8-17)11-15-12(14)16-6-9-18-10-7-16/h17H,3-11H2,1-2H3,(H2,14,15). The van der Waals surface area contributed by atoms with Gasteiger partial charge in [0.2, 0.25) is 0 Å². The van der Waals surface area contributed by atoms with Crippen LogP contribution in [0.3, 0.4) is 0 Å². The molecule has 0 atom stereocenters. The highest BCUT2D eigenvalue weighted by Gasteiger charge is 2.25. The summed E-state index contributed by atoms with van der Waals surface area (Å²) in [6.07, 6.45) is 2.83. The third-order valence-corrected chi connectivity index (χ3v) is 4.05. The van der Waals surface area contributed by atoms with Crippen LogP contribution in [0.1, 0.15) is 33.1 Å². The van der Waals surface area contributed by atoms with Crippen LogP contribution >= 0.6 is 0 Å². The van der Waals surface area contributed by atoms with Gasteiger partial charge in [-0.15, -0.1) is 0 Å². The van der Waals surface area contributed by atoms with Crippen molar-refractivity contribution in [3.05, 3.63) is 0 Å². The lowest BCUT2D eigenvalue weighted by Gasteiger charge is -2.31. The molecule has 0 aromatic heterocycles. The van der Waals surface area contributed by atoms with E-state index < -0.39 is 0 Å². The predicted octanol–water partition coefficient (Wildman–Crippen LogP) is 0.822. The third kappa shape index (κ3) is 4.14. The lowest BCUT2D eigenvalue weighted by Crippen LogP contribution is -2.45. The zero-order valence-electron chi connectivity index (χ0n) is 11.7. The van der Waals surface area contributed by atoms with E-state index in [-0.39, 0.29) is 12.0 Å². The molecule has 0 aromatic rings. The molecule has 1 aliphatic rings. The molecule has 0 saturated carbocycles. The first-order chi connectivity index (χ1) is 8.67. The minimum Gasteiger partial charge on any atom is -0.396 e. The number of nitrogens with zero attached hydrogens (tertiary/aromatic N) is 2. The van der Waals surface area contributed by atoms with Gasteiger partial charge in [0.15, 0.2) is 5.96 Å². The van der Waals surface area contributed by atoms with Crippen molar-refractivity contribution >= 4 is 5.96 Å². The largest absolute Gasteiger partial charge is 0.396 e. The van der Waals surface area contributed by atoms with Crippen molar-refractivity contribution in [1.29, 1.82) is 0 Å². The smallest absolute Gasteiger partial charge is 0.191 e. The zero-order valence-corrected chi connectivity index (χ0v) is 11.7. The number of rotatable bonds is 6. The Kier molecular flexibility index (Phi) is 6.43. The highest BCUT2D eigenvalue weighted by molar-refractivity contribution is 5.78. The number of aliphatic imine (C=N–C) groups is 1. The Bertz CT molecular complexity index is 259. The van der Waals surface area contributed by atoms with E-state index in [0.717, 1.165) is 45.6 Å². The van der Waals surface area contributed by atoms with E-state index >= 15 is 0 Å². The summed E-state index contributed by atoms with van der Waals surface area (Å²) in [5.74, 6) is 0.613. The number of morpholine rings is 1. The molecule has 0 bridgehead atoms. The molecule has 0 aromatic carbocycles. The summed E-state index contributed by atoms with van der Waals surface area (Å²) in [5.41, 5.74) is 6.11. The lowest BCUT2D eigenvalue weighted by molar-refractivity contribution is 0.0672. The average molecular weight is 257 g/mol. The average Bonchev–Trinajstić information content (AvgIpc) is 2.44. The van der Waals surface area contributed by atoms with Gasteiger partial charge in [0.05, 0.1) is 13.2 Å². The highest BCUT2D eigenvalue weighted by Crippen LogP contribution is 2.30. The van der Waals surface area contributed by atoms with Gasteiger partial charge in [0.25, 0.3) is 0 Å². The minimum absolute atomic E-state index is 0.0889. The van der Waals surface area contributed by atoms with E-state index in [9.17, 15) is 5.11 Å². The van der Waals surface area contributed by atoms with E-state index in [1.54, 1.807) is 0 Å². The van der Waals surface area contributed by atoms with Gasteiger partial charge in [-0.25, -0.2) is 0 Å². The summed E-state index contributed by atoms with van der Waals surface area (Å²) in [6.45, 7) is 8.30. The summed E-state index contributed by atoms with van der Waals surface area (Å²) in [5, 5.41) is 9.17. The fourth-order valence-corrected chi connectivity index (χ4v) is 2.28. The van der Waals surface area contributed by atoms with Crippen molar-refractivity contribution in [2.24, 2.45) is 16.1 Å². The Labute approximate surface area is 110 Å². The molecule has 18 heavy (non-hydrogen) atoms. The van der Waals surface area contributed by atoms with Crippen LogP contribution in [0, 0.1) is 5.41 Å².